The normalized spacial score (nSPS) is 12.2. The quantitative estimate of drug-likeness (QED) is 0.186. The molecule has 0 saturated carbocycles. The average molecular weight is 683 g/mol. The summed E-state index contributed by atoms with van der Waals surface area (Å²) in [7, 11) is 0. The molecule has 0 unspecified atom stereocenters. The summed E-state index contributed by atoms with van der Waals surface area (Å²) in [6, 6.07) is 55.6. The third kappa shape index (κ3) is 3.71. The third-order valence-corrected chi connectivity index (χ3v) is 11.6. The van der Waals surface area contributed by atoms with Crippen molar-refractivity contribution >= 4 is 97.3 Å². The van der Waals surface area contributed by atoms with E-state index in [2.05, 4.69) is 161 Å². The van der Waals surface area contributed by atoms with Crippen LogP contribution in [0.3, 0.4) is 0 Å². The van der Waals surface area contributed by atoms with Crippen LogP contribution in [0.2, 0.25) is 0 Å². The number of thiophene rings is 1. The molecule has 0 aliphatic heterocycles. The Bertz CT molecular complexity index is 3370. The van der Waals surface area contributed by atoms with E-state index in [1.807, 2.05) is 6.07 Å². The number of aromatic nitrogens is 4. The minimum absolute atomic E-state index is 0.797. The van der Waals surface area contributed by atoms with Crippen molar-refractivity contribution in [3.05, 3.63) is 158 Å². The second-order valence-corrected chi connectivity index (χ2v) is 14.4. The zero-order chi connectivity index (χ0) is 33.9. The fourth-order valence-corrected chi connectivity index (χ4v) is 9.40. The van der Waals surface area contributed by atoms with Gasteiger partial charge in [0.05, 0.1) is 27.8 Å². The van der Waals surface area contributed by atoms with Crippen LogP contribution in [0.1, 0.15) is 0 Å². The molecule has 0 aliphatic rings. The molecule has 0 bridgehead atoms. The highest BCUT2D eigenvalue weighted by Crippen LogP contribution is 2.47. The smallest absolute Gasteiger partial charge is 0.166 e. The van der Waals surface area contributed by atoms with Crippen LogP contribution in [0, 0.1) is 0 Å². The van der Waals surface area contributed by atoms with Crippen molar-refractivity contribution in [1.82, 2.24) is 19.1 Å². The van der Waals surface area contributed by atoms with E-state index < -0.39 is 0 Å². The van der Waals surface area contributed by atoms with Gasteiger partial charge in [-0.05, 0) is 30.3 Å². The maximum atomic E-state index is 6.72. The van der Waals surface area contributed by atoms with Crippen molar-refractivity contribution in [1.29, 1.82) is 0 Å². The third-order valence-electron chi connectivity index (χ3n) is 10.5. The van der Waals surface area contributed by atoms with Crippen LogP contribution >= 0.6 is 11.3 Å². The van der Waals surface area contributed by atoms with Crippen molar-refractivity contribution in [2.24, 2.45) is 0 Å². The molecular weight excluding hydrogens is 657 g/mol. The zero-order valence-electron chi connectivity index (χ0n) is 27.6. The summed E-state index contributed by atoms with van der Waals surface area (Å²) < 4.78 is 12.7. The van der Waals surface area contributed by atoms with Crippen LogP contribution in [-0.4, -0.2) is 19.1 Å². The highest BCUT2D eigenvalue weighted by atomic mass is 32.1. The number of furan rings is 1. The Balaban J connectivity index is 1.35. The number of benzene rings is 7. The lowest BCUT2D eigenvalue weighted by atomic mass is 10.0. The van der Waals surface area contributed by atoms with Crippen LogP contribution in [0.15, 0.2) is 162 Å². The Hall–Kier alpha value is -6.76. The zero-order valence-corrected chi connectivity index (χ0v) is 28.4. The van der Waals surface area contributed by atoms with Gasteiger partial charge in [-0.25, -0.2) is 9.97 Å². The van der Waals surface area contributed by atoms with E-state index in [0.717, 1.165) is 93.3 Å². The summed E-state index contributed by atoms with van der Waals surface area (Å²) in [4.78, 5) is 12.0. The molecule has 0 amide bonds. The average Bonchev–Trinajstić information content (AvgIpc) is 3.95. The van der Waals surface area contributed by atoms with Crippen LogP contribution in [0.5, 0.6) is 0 Å². The number of nitrogens with zero attached hydrogens (tertiary/aromatic N) is 4. The molecular formula is C46H26N4OS. The second kappa shape index (κ2) is 10.4. The lowest BCUT2D eigenvalue weighted by Gasteiger charge is -2.16. The molecule has 0 saturated heterocycles. The van der Waals surface area contributed by atoms with Crippen molar-refractivity contribution in [3.63, 3.8) is 0 Å². The summed E-state index contributed by atoms with van der Waals surface area (Å²) in [5.74, 6) is 0.797. The van der Waals surface area contributed by atoms with Crippen molar-refractivity contribution in [2.75, 3.05) is 0 Å². The van der Waals surface area contributed by atoms with Crippen LogP contribution in [-0.2, 0) is 0 Å². The number of hydrogen-bond donors (Lipinski definition) is 0. The molecule has 5 nitrogen and oxygen atoms in total. The molecule has 0 N–H and O–H groups in total. The van der Waals surface area contributed by atoms with Gasteiger partial charge in [-0.15, -0.1) is 11.3 Å². The van der Waals surface area contributed by atoms with Gasteiger partial charge in [-0.2, -0.15) is 0 Å². The van der Waals surface area contributed by atoms with Crippen molar-refractivity contribution < 1.29 is 4.42 Å². The number of para-hydroxylation sites is 4. The van der Waals surface area contributed by atoms with Crippen LogP contribution in [0.4, 0.5) is 0 Å². The van der Waals surface area contributed by atoms with Gasteiger partial charge in [0, 0.05) is 54.0 Å². The standard InChI is InChI=1S/C46H26N4OS/c1-2-14-27(15-3-1)42-45(48-46-43(47-42)32-20-8-13-25-39(32)52-46)50-35-23-11-6-18-30(35)41-40-31-19-7-12-24-37(31)51-38(40)26-36(44(41)50)49-33-21-9-4-16-28(33)29-17-5-10-22-34(29)49/h1-26H. The molecule has 0 aliphatic carbocycles. The summed E-state index contributed by atoms with van der Waals surface area (Å²) in [5, 5.41) is 7.99. The first-order valence-corrected chi connectivity index (χ1v) is 18.2. The summed E-state index contributed by atoms with van der Waals surface area (Å²) >= 11 is 1.69. The van der Waals surface area contributed by atoms with Gasteiger partial charge in [-0.1, -0.05) is 121 Å². The molecule has 0 fully saturated rings. The summed E-state index contributed by atoms with van der Waals surface area (Å²) in [5.41, 5.74) is 9.89. The maximum absolute atomic E-state index is 6.72. The molecule has 0 atom stereocenters. The van der Waals surface area contributed by atoms with Gasteiger partial charge in [0.2, 0.25) is 0 Å². The molecule has 7 aromatic carbocycles. The van der Waals surface area contributed by atoms with Crippen LogP contribution < -0.4 is 0 Å². The fraction of sp³-hybridized carbons (Fsp3) is 0. The molecule has 242 valence electrons. The largest absolute Gasteiger partial charge is 0.456 e. The first kappa shape index (κ1) is 28.0. The highest BCUT2D eigenvalue weighted by molar-refractivity contribution is 7.25. The summed E-state index contributed by atoms with van der Waals surface area (Å²) in [6.45, 7) is 0. The van der Waals surface area contributed by atoms with Crippen molar-refractivity contribution in [2.45, 2.75) is 0 Å². The second-order valence-electron chi connectivity index (χ2n) is 13.3. The fourth-order valence-electron chi connectivity index (χ4n) is 8.38. The van der Waals surface area contributed by atoms with Crippen LogP contribution in [0.25, 0.3) is 109 Å². The van der Waals surface area contributed by atoms with E-state index >= 15 is 0 Å². The Morgan fingerprint density at radius 3 is 1.83 bits per heavy atom. The number of hydrogen-bond acceptors (Lipinski definition) is 4. The Labute approximate surface area is 300 Å². The van der Waals surface area contributed by atoms with E-state index in [-0.39, 0.29) is 0 Å². The van der Waals surface area contributed by atoms with E-state index in [0.29, 0.717) is 0 Å². The predicted molar refractivity (Wildman–Crippen MR) is 216 cm³/mol. The minimum Gasteiger partial charge on any atom is -0.456 e. The van der Waals surface area contributed by atoms with Gasteiger partial charge in [0.1, 0.15) is 27.2 Å². The Kier molecular flexibility index (Phi) is 5.59. The Morgan fingerprint density at radius 1 is 0.481 bits per heavy atom. The summed E-state index contributed by atoms with van der Waals surface area (Å²) in [6.07, 6.45) is 0. The molecule has 6 heteroatoms. The van der Waals surface area contributed by atoms with Gasteiger partial charge in [0.25, 0.3) is 0 Å². The lowest BCUT2D eigenvalue weighted by Crippen LogP contribution is -2.05. The first-order chi connectivity index (χ1) is 25.8. The molecule has 52 heavy (non-hydrogen) atoms. The van der Waals surface area contributed by atoms with E-state index in [1.165, 1.54) is 15.5 Å². The van der Waals surface area contributed by atoms with Gasteiger partial charge < -0.3 is 8.98 Å². The maximum Gasteiger partial charge on any atom is 0.166 e. The monoisotopic (exact) mass is 682 g/mol. The lowest BCUT2D eigenvalue weighted by molar-refractivity contribution is 0.669. The van der Waals surface area contributed by atoms with Crippen molar-refractivity contribution in [3.8, 4) is 22.8 Å². The number of rotatable bonds is 3. The molecule has 0 radical (unpaired) electrons. The highest BCUT2D eigenvalue weighted by Gasteiger charge is 2.27. The first-order valence-electron chi connectivity index (χ1n) is 17.4. The Morgan fingerprint density at radius 2 is 1.08 bits per heavy atom. The molecule has 0 spiro atoms. The van der Waals surface area contributed by atoms with E-state index in [9.17, 15) is 0 Å². The van der Waals surface area contributed by atoms with E-state index in [4.69, 9.17) is 14.4 Å². The van der Waals surface area contributed by atoms with Gasteiger partial charge in [-0.3, -0.25) is 4.57 Å². The molecule has 12 aromatic rings. The predicted octanol–water partition coefficient (Wildman–Crippen LogP) is 12.6. The molecule has 12 rings (SSSR count). The van der Waals surface area contributed by atoms with Gasteiger partial charge >= 0.3 is 0 Å². The van der Waals surface area contributed by atoms with E-state index in [1.54, 1.807) is 11.3 Å². The molecule has 5 heterocycles. The minimum atomic E-state index is 0.797. The number of fused-ring (bicyclic) bond motifs is 13. The van der Waals surface area contributed by atoms with Gasteiger partial charge in [0.15, 0.2) is 5.82 Å². The topological polar surface area (TPSA) is 48.8 Å². The SMILES string of the molecule is c1ccc(-c2nc3c(nc2-n2c4ccccc4c4c5c(cc(-n6c7ccccc7c7ccccc76)c42)oc2ccccc25)sc2ccccc23)cc1. The molecule has 5 aromatic heterocycles.